The number of hydrogen-bond acceptors (Lipinski definition) is 2. The Balaban J connectivity index is 2.13. The molecule has 0 unspecified atom stereocenters. The summed E-state index contributed by atoms with van der Waals surface area (Å²) in [4.78, 5) is 8.74. The molecule has 2 aromatic heterocycles. The molecule has 0 atom stereocenters. The lowest BCUT2D eigenvalue weighted by molar-refractivity contribution is 0.989. The normalized spacial score (nSPS) is 11.0. The van der Waals surface area contributed by atoms with Crippen LogP contribution in [-0.4, -0.2) is 14.4 Å². The Hall–Kier alpha value is -2.13. The van der Waals surface area contributed by atoms with Gasteiger partial charge in [-0.3, -0.25) is 9.38 Å². The Bertz CT molecular complexity index is 849. The van der Waals surface area contributed by atoms with Gasteiger partial charge in [0.25, 0.3) is 0 Å². The van der Waals surface area contributed by atoms with E-state index in [1.807, 2.05) is 29.8 Å². The summed E-state index contributed by atoms with van der Waals surface area (Å²) in [7, 11) is 0. The van der Waals surface area contributed by atoms with E-state index in [4.69, 9.17) is 11.6 Å². The van der Waals surface area contributed by atoms with Gasteiger partial charge in [-0.05, 0) is 37.8 Å². The van der Waals surface area contributed by atoms with E-state index >= 15 is 0 Å². The van der Waals surface area contributed by atoms with Crippen molar-refractivity contribution in [2.45, 2.75) is 26.7 Å². The molecule has 0 spiro atoms. The number of aryl methyl sites for hydroxylation is 2. The van der Waals surface area contributed by atoms with Gasteiger partial charge in [-0.25, -0.2) is 4.98 Å². The summed E-state index contributed by atoms with van der Waals surface area (Å²) in [6.45, 7) is 7.80. The van der Waals surface area contributed by atoms with Crippen LogP contribution in [0.1, 0.15) is 23.2 Å². The first-order valence-electron chi connectivity index (χ1n) is 7.31. The molecule has 3 nitrogen and oxygen atoms in total. The molecule has 0 fully saturated rings. The standard InChI is InChI=1S/C18H18ClN3/c1-4-5-6-14-7-8-15(17(19)12(14)2)16-11-21-18-13(3)20-9-10-22(16)18/h4,7-11H,1,5-6H2,2-3H3. The minimum atomic E-state index is 0.790. The van der Waals surface area contributed by atoms with Crippen LogP contribution < -0.4 is 0 Å². The number of rotatable bonds is 4. The Morgan fingerprint density at radius 3 is 2.86 bits per heavy atom. The first kappa shape index (κ1) is 14.8. The van der Waals surface area contributed by atoms with Crippen molar-refractivity contribution in [1.82, 2.24) is 14.4 Å². The van der Waals surface area contributed by atoms with Gasteiger partial charge in [0.05, 0.1) is 22.6 Å². The molecular formula is C18H18ClN3. The van der Waals surface area contributed by atoms with Crippen LogP contribution in [0.2, 0.25) is 5.02 Å². The lowest BCUT2D eigenvalue weighted by Crippen LogP contribution is -1.96. The van der Waals surface area contributed by atoms with Gasteiger partial charge < -0.3 is 0 Å². The molecule has 22 heavy (non-hydrogen) atoms. The highest BCUT2D eigenvalue weighted by molar-refractivity contribution is 6.34. The lowest BCUT2D eigenvalue weighted by Gasteiger charge is -2.11. The molecule has 0 radical (unpaired) electrons. The van der Waals surface area contributed by atoms with Gasteiger partial charge in [-0.15, -0.1) is 6.58 Å². The van der Waals surface area contributed by atoms with Crippen LogP contribution in [0.15, 0.2) is 43.4 Å². The molecule has 4 heteroatoms. The third kappa shape index (κ3) is 2.42. The van der Waals surface area contributed by atoms with Gasteiger partial charge in [0.15, 0.2) is 5.65 Å². The van der Waals surface area contributed by atoms with Gasteiger partial charge >= 0.3 is 0 Å². The predicted octanol–water partition coefficient (Wildman–Crippen LogP) is 4.79. The molecule has 2 heterocycles. The topological polar surface area (TPSA) is 30.2 Å². The fraction of sp³-hybridized carbons (Fsp3) is 0.222. The number of imidazole rings is 1. The zero-order chi connectivity index (χ0) is 15.7. The third-order valence-electron chi connectivity index (χ3n) is 4.00. The van der Waals surface area contributed by atoms with Crippen molar-refractivity contribution >= 4 is 17.2 Å². The highest BCUT2D eigenvalue weighted by Crippen LogP contribution is 2.33. The van der Waals surface area contributed by atoms with E-state index in [9.17, 15) is 0 Å². The Labute approximate surface area is 135 Å². The second-order valence-corrected chi connectivity index (χ2v) is 5.77. The van der Waals surface area contributed by atoms with Crippen LogP contribution in [0.3, 0.4) is 0 Å². The Morgan fingerprint density at radius 1 is 1.27 bits per heavy atom. The average Bonchev–Trinajstić information content (AvgIpc) is 2.94. The van der Waals surface area contributed by atoms with Crippen LogP contribution in [0, 0.1) is 13.8 Å². The van der Waals surface area contributed by atoms with Crippen LogP contribution in [0.4, 0.5) is 0 Å². The van der Waals surface area contributed by atoms with Crippen molar-refractivity contribution in [2.24, 2.45) is 0 Å². The molecule has 3 aromatic rings. The third-order valence-corrected chi connectivity index (χ3v) is 4.48. The second-order valence-electron chi connectivity index (χ2n) is 5.39. The van der Waals surface area contributed by atoms with E-state index in [-0.39, 0.29) is 0 Å². The monoisotopic (exact) mass is 311 g/mol. The van der Waals surface area contributed by atoms with Crippen LogP contribution >= 0.6 is 11.6 Å². The van der Waals surface area contributed by atoms with E-state index in [0.717, 1.165) is 46.0 Å². The molecule has 0 saturated carbocycles. The molecule has 0 amide bonds. The largest absolute Gasteiger partial charge is 0.297 e. The van der Waals surface area contributed by atoms with Gasteiger partial charge in [-0.2, -0.15) is 0 Å². The minimum absolute atomic E-state index is 0.790. The molecule has 3 rings (SSSR count). The van der Waals surface area contributed by atoms with Gasteiger partial charge in [0.1, 0.15) is 0 Å². The maximum Gasteiger partial charge on any atom is 0.158 e. The summed E-state index contributed by atoms with van der Waals surface area (Å²) in [6, 6.07) is 4.22. The molecule has 0 N–H and O–H groups in total. The van der Waals surface area contributed by atoms with E-state index in [1.54, 1.807) is 6.20 Å². The summed E-state index contributed by atoms with van der Waals surface area (Å²) >= 11 is 6.63. The van der Waals surface area contributed by atoms with Gasteiger partial charge in [0.2, 0.25) is 0 Å². The summed E-state index contributed by atoms with van der Waals surface area (Å²) in [6.07, 6.45) is 9.41. The van der Waals surface area contributed by atoms with Crippen molar-refractivity contribution in [3.63, 3.8) is 0 Å². The zero-order valence-corrected chi connectivity index (χ0v) is 13.6. The summed E-state index contributed by atoms with van der Waals surface area (Å²) in [5.74, 6) is 0. The molecule has 112 valence electrons. The lowest BCUT2D eigenvalue weighted by atomic mass is 10.00. The van der Waals surface area contributed by atoms with Crippen molar-refractivity contribution in [1.29, 1.82) is 0 Å². The number of halogens is 1. The fourth-order valence-electron chi connectivity index (χ4n) is 2.70. The first-order chi connectivity index (χ1) is 10.6. The fourth-order valence-corrected chi connectivity index (χ4v) is 2.98. The van der Waals surface area contributed by atoms with E-state index < -0.39 is 0 Å². The molecule has 0 saturated heterocycles. The molecule has 1 aromatic carbocycles. The molecular weight excluding hydrogens is 294 g/mol. The molecule has 0 aliphatic rings. The van der Waals surface area contributed by atoms with Crippen molar-refractivity contribution < 1.29 is 0 Å². The predicted molar refractivity (Wildman–Crippen MR) is 91.4 cm³/mol. The second kappa shape index (κ2) is 5.93. The number of allylic oxidation sites excluding steroid dienone is 1. The van der Waals surface area contributed by atoms with Crippen LogP contribution in [-0.2, 0) is 6.42 Å². The highest BCUT2D eigenvalue weighted by Gasteiger charge is 2.14. The van der Waals surface area contributed by atoms with Gasteiger partial charge in [0, 0.05) is 18.0 Å². The highest BCUT2D eigenvalue weighted by atomic mass is 35.5. The smallest absolute Gasteiger partial charge is 0.158 e. The maximum atomic E-state index is 6.63. The summed E-state index contributed by atoms with van der Waals surface area (Å²) in [5.41, 5.74) is 6.15. The van der Waals surface area contributed by atoms with Crippen molar-refractivity contribution in [2.75, 3.05) is 0 Å². The number of hydrogen-bond donors (Lipinski definition) is 0. The van der Waals surface area contributed by atoms with Crippen molar-refractivity contribution in [3.8, 4) is 11.3 Å². The number of nitrogens with zero attached hydrogens (tertiary/aromatic N) is 3. The van der Waals surface area contributed by atoms with Crippen LogP contribution in [0.5, 0.6) is 0 Å². The minimum Gasteiger partial charge on any atom is -0.297 e. The van der Waals surface area contributed by atoms with E-state index in [0.29, 0.717) is 0 Å². The summed E-state index contributed by atoms with van der Waals surface area (Å²) in [5, 5.41) is 0.790. The zero-order valence-electron chi connectivity index (χ0n) is 12.8. The van der Waals surface area contributed by atoms with Crippen LogP contribution in [0.25, 0.3) is 16.9 Å². The summed E-state index contributed by atoms with van der Waals surface area (Å²) < 4.78 is 2.03. The quantitative estimate of drug-likeness (QED) is 0.649. The first-order valence-corrected chi connectivity index (χ1v) is 7.69. The Morgan fingerprint density at radius 2 is 2.09 bits per heavy atom. The maximum absolute atomic E-state index is 6.63. The molecule has 0 bridgehead atoms. The molecule has 0 aliphatic heterocycles. The number of fused-ring (bicyclic) bond motifs is 1. The molecule has 0 aliphatic carbocycles. The van der Waals surface area contributed by atoms with Gasteiger partial charge in [-0.1, -0.05) is 29.8 Å². The van der Waals surface area contributed by atoms with E-state index in [1.165, 1.54) is 5.56 Å². The number of benzene rings is 1. The van der Waals surface area contributed by atoms with E-state index in [2.05, 4.69) is 35.6 Å². The Kier molecular flexibility index (Phi) is 3.99. The van der Waals surface area contributed by atoms with Crippen molar-refractivity contribution in [3.05, 3.63) is 65.2 Å². The SMILES string of the molecule is C=CCCc1ccc(-c2cnc3c(C)nccn23)c(Cl)c1C. The average molecular weight is 312 g/mol. The number of aromatic nitrogens is 3.